The molecule has 128 valence electrons. The second kappa shape index (κ2) is 7.07. The van der Waals surface area contributed by atoms with E-state index >= 15 is 0 Å². The van der Waals surface area contributed by atoms with Crippen molar-refractivity contribution in [1.82, 2.24) is 15.0 Å². The summed E-state index contributed by atoms with van der Waals surface area (Å²) >= 11 is 6.05. The molecule has 0 fully saturated rings. The molecule has 5 nitrogen and oxygen atoms in total. The van der Waals surface area contributed by atoms with Crippen LogP contribution in [0.5, 0.6) is 0 Å². The van der Waals surface area contributed by atoms with Crippen molar-refractivity contribution >= 4 is 34.9 Å². The number of hydrogen-bond acceptors (Lipinski definition) is 5. The van der Waals surface area contributed by atoms with Crippen LogP contribution in [0.1, 0.15) is 22.3 Å². The number of hydrogen-bond donors (Lipinski definition) is 2. The average Bonchev–Trinajstić information content (AvgIpc) is 2.54. The summed E-state index contributed by atoms with van der Waals surface area (Å²) in [6.07, 6.45) is 0. The van der Waals surface area contributed by atoms with Gasteiger partial charge in [0, 0.05) is 11.4 Å². The molecule has 0 amide bonds. The maximum atomic E-state index is 6.05. The summed E-state index contributed by atoms with van der Waals surface area (Å²) in [5.41, 5.74) is 6.66. The highest BCUT2D eigenvalue weighted by molar-refractivity contribution is 6.28. The van der Waals surface area contributed by atoms with E-state index in [2.05, 4.69) is 65.4 Å². The monoisotopic (exact) mass is 353 g/mol. The van der Waals surface area contributed by atoms with Gasteiger partial charge in [0.15, 0.2) is 0 Å². The molecule has 1 heterocycles. The van der Waals surface area contributed by atoms with Gasteiger partial charge >= 0.3 is 0 Å². The first-order chi connectivity index (χ1) is 11.9. The van der Waals surface area contributed by atoms with Crippen LogP contribution in [-0.2, 0) is 0 Å². The summed E-state index contributed by atoms with van der Waals surface area (Å²) in [5, 5.41) is 6.48. The van der Waals surface area contributed by atoms with E-state index in [9.17, 15) is 0 Å². The Bertz CT molecular complexity index is 852. The van der Waals surface area contributed by atoms with Gasteiger partial charge < -0.3 is 10.6 Å². The number of halogens is 1. The quantitative estimate of drug-likeness (QED) is 0.671. The Morgan fingerprint density at radius 2 is 1.08 bits per heavy atom. The van der Waals surface area contributed by atoms with Gasteiger partial charge in [0.25, 0.3) is 0 Å². The highest BCUT2D eigenvalue weighted by Gasteiger charge is 2.07. The molecule has 0 aliphatic heterocycles. The minimum atomic E-state index is 0.132. The molecule has 0 unspecified atom stereocenters. The van der Waals surface area contributed by atoms with Crippen LogP contribution >= 0.6 is 11.6 Å². The predicted molar refractivity (Wildman–Crippen MR) is 103 cm³/mol. The Labute approximate surface area is 152 Å². The highest BCUT2D eigenvalue weighted by atomic mass is 35.5. The van der Waals surface area contributed by atoms with Crippen molar-refractivity contribution in [2.75, 3.05) is 10.6 Å². The molecule has 1 aromatic heterocycles. The summed E-state index contributed by atoms with van der Waals surface area (Å²) < 4.78 is 0. The zero-order chi connectivity index (χ0) is 18.0. The van der Waals surface area contributed by atoms with Crippen molar-refractivity contribution < 1.29 is 0 Å². The van der Waals surface area contributed by atoms with Crippen molar-refractivity contribution in [2.24, 2.45) is 0 Å². The molecular weight excluding hydrogens is 334 g/mol. The molecule has 0 atom stereocenters. The Kier molecular flexibility index (Phi) is 4.86. The lowest BCUT2D eigenvalue weighted by Gasteiger charge is -2.10. The third kappa shape index (κ3) is 4.25. The van der Waals surface area contributed by atoms with E-state index in [1.54, 1.807) is 0 Å². The minimum absolute atomic E-state index is 0.132. The molecule has 25 heavy (non-hydrogen) atoms. The van der Waals surface area contributed by atoms with Crippen LogP contribution in [0.3, 0.4) is 0 Å². The first-order valence-corrected chi connectivity index (χ1v) is 8.38. The van der Waals surface area contributed by atoms with E-state index < -0.39 is 0 Å². The lowest BCUT2D eigenvalue weighted by Crippen LogP contribution is -2.04. The number of rotatable bonds is 4. The molecular formula is C19H20ClN5. The third-order valence-electron chi connectivity index (χ3n) is 4.13. The Hall–Kier alpha value is -2.66. The van der Waals surface area contributed by atoms with Gasteiger partial charge in [0.2, 0.25) is 17.2 Å². The summed E-state index contributed by atoms with van der Waals surface area (Å²) in [4.78, 5) is 12.7. The standard InChI is InChI=1S/C19H20ClN5/c1-11-5-7-15(9-13(11)3)21-18-23-17(20)24-19(25-18)22-16-8-6-12(2)14(4)10-16/h5-10H,1-4H3,(H2,21,22,23,24,25). The molecule has 0 saturated heterocycles. The zero-order valence-electron chi connectivity index (χ0n) is 14.7. The summed E-state index contributed by atoms with van der Waals surface area (Å²) in [6.45, 7) is 8.27. The van der Waals surface area contributed by atoms with Gasteiger partial charge in [-0.1, -0.05) is 12.1 Å². The van der Waals surface area contributed by atoms with Crippen molar-refractivity contribution in [1.29, 1.82) is 0 Å². The fraction of sp³-hybridized carbons (Fsp3) is 0.211. The second-order valence-electron chi connectivity index (χ2n) is 6.10. The van der Waals surface area contributed by atoms with Crippen LogP contribution in [0.4, 0.5) is 23.3 Å². The van der Waals surface area contributed by atoms with E-state index in [-0.39, 0.29) is 5.28 Å². The van der Waals surface area contributed by atoms with Crippen LogP contribution in [0.25, 0.3) is 0 Å². The van der Waals surface area contributed by atoms with Gasteiger partial charge in [0.1, 0.15) is 0 Å². The SMILES string of the molecule is Cc1ccc(Nc2nc(Cl)nc(Nc3ccc(C)c(C)c3)n2)cc1C. The smallest absolute Gasteiger partial charge is 0.233 e. The van der Waals surface area contributed by atoms with E-state index in [1.165, 1.54) is 22.3 Å². The normalized spacial score (nSPS) is 10.6. The first kappa shape index (κ1) is 17.2. The summed E-state index contributed by atoms with van der Waals surface area (Å²) in [7, 11) is 0. The number of anilines is 4. The number of aryl methyl sites for hydroxylation is 4. The topological polar surface area (TPSA) is 62.7 Å². The highest BCUT2D eigenvalue weighted by Crippen LogP contribution is 2.21. The lowest BCUT2D eigenvalue weighted by atomic mass is 10.1. The Morgan fingerprint density at radius 3 is 1.48 bits per heavy atom. The van der Waals surface area contributed by atoms with Gasteiger partial charge in [-0.2, -0.15) is 15.0 Å². The maximum Gasteiger partial charge on any atom is 0.233 e. The van der Waals surface area contributed by atoms with Gasteiger partial charge in [-0.25, -0.2) is 0 Å². The van der Waals surface area contributed by atoms with Gasteiger partial charge in [0.05, 0.1) is 0 Å². The minimum Gasteiger partial charge on any atom is -0.324 e. The molecule has 0 saturated carbocycles. The molecule has 0 aliphatic rings. The summed E-state index contributed by atoms with van der Waals surface area (Å²) in [6, 6.07) is 12.2. The fourth-order valence-corrected chi connectivity index (χ4v) is 2.52. The van der Waals surface area contributed by atoms with Gasteiger partial charge in [-0.15, -0.1) is 0 Å². The molecule has 0 spiro atoms. The average molecular weight is 354 g/mol. The number of benzene rings is 2. The van der Waals surface area contributed by atoms with Crippen molar-refractivity contribution in [3.05, 3.63) is 63.9 Å². The van der Waals surface area contributed by atoms with E-state index in [0.29, 0.717) is 11.9 Å². The molecule has 0 aliphatic carbocycles. The predicted octanol–water partition coefficient (Wildman–Crippen LogP) is 5.25. The maximum absolute atomic E-state index is 6.05. The van der Waals surface area contributed by atoms with Crippen LogP contribution < -0.4 is 10.6 Å². The second-order valence-corrected chi connectivity index (χ2v) is 6.44. The molecule has 6 heteroatoms. The fourth-order valence-electron chi connectivity index (χ4n) is 2.36. The lowest BCUT2D eigenvalue weighted by molar-refractivity contribution is 1.06. The van der Waals surface area contributed by atoms with Gasteiger partial charge in [-0.3, -0.25) is 0 Å². The molecule has 0 radical (unpaired) electrons. The zero-order valence-corrected chi connectivity index (χ0v) is 15.4. The largest absolute Gasteiger partial charge is 0.324 e. The van der Waals surface area contributed by atoms with E-state index in [1.807, 2.05) is 24.3 Å². The third-order valence-corrected chi connectivity index (χ3v) is 4.30. The number of nitrogens with zero attached hydrogens (tertiary/aromatic N) is 3. The van der Waals surface area contributed by atoms with Crippen LogP contribution in [0.2, 0.25) is 5.28 Å². The van der Waals surface area contributed by atoms with E-state index in [0.717, 1.165) is 11.4 Å². The van der Waals surface area contributed by atoms with Crippen molar-refractivity contribution in [3.8, 4) is 0 Å². The van der Waals surface area contributed by atoms with Crippen molar-refractivity contribution in [3.63, 3.8) is 0 Å². The molecule has 3 aromatic rings. The van der Waals surface area contributed by atoms with Crippen molar-refractivity contribution in [2.45, 2.75) is 27.7 Å². The number of aromatic nitrogens is 3. The molecule has 0 bridgehead atoms. The summed E-state index contributed by atoms with van der Waals surface area (Å²) in [5.74, 6) is 0.796. The number of nitrogens with one attached hydrogen (secondary N) is 2. The Balaban J connectivity index is 1.84. The van der Waals surface area contributed by atoms with Gasteiger partial charge in [-0.05, 0) is 85.8 Å². The van der Waals surface area contributed by atoms with Crippen LogP contribution in [0.15, 0.2) is 36.4 Å². The molecule has 3 rings (SSSR count). The first-order valence-electron chi connectivity index (χ1n) is 8.01. The van der Waals surface area contributed by atoms with Crippen LogP contribution in [-0.4, -0.2) is 15.0 Å². The van der Waals surface area contributed by atoms with Crippen LogP contribution in [0, 0.1) is 27.7 Å². The Morgan fingerprint density at radius 1 is 0.640 bits per heavy atom. The molecule has 2 aromatic carbocycles. The van der Waals surface area contributed by atoms with E-state index in [4.69, 9.17) is 11.6 Å². The molecule has 2 N–H and O–H groups in total.